The van der Waals surface area contributed by atoms with Crippen molar-refractivity contribution in [3.63, 3.8) is 0 Å². The molecule has 20 heavy (non-hydrogen) atoms. The van der Waals surface area contributed by atoms with E-state index in [0.29, 0.717) is 19.5 Å². The van der Waals surface area contributed by atoms with Crippen LogP contribution in [0, 0.1) is 6.92 Å². The van der Waals surface area contributed by atoms with Crippen LogP contribution < -0.4 is 10.2 Å². The van der Waals surface area contributed by atoms with E-state index in [4.69, 9.17) is 0 Å². The van der Waals surface area contributed by atoms with Crippen molar-refractivity contribution in [1.29, 1.82) is 0 Å². The Balaban J connectivity index is 2.75. The first-order valence-electron chi connectivity index (χ1n) is 6.76. The van der Waals surface area contributed by atoms with Crippen LogP contribution in [0.3, 0.4) is 0 Å². The molecule has 0 radical (unpaired) electrons. The van der Waals surface area contributed by atoms with Gasteiger partial charge in [-0.25, -0.2) is 0 Å². The van der Waals surface area contributed by atoms with Crippen molar-refractivity contribution >= 4 is 33.4 Å². The van der Waals surface area contributed by atoms with Crippen molar-refractivity contribution in [2.75, 3.05) is 18.0 Å². The molecule has 110 valence electrons. The van der Waals surface area contributed by atoms with Gasteiger partial charge >= 0.3 is 0 Å². The van der Waals surface area contributed by atoms with Gasteiger partial charge in [0.1, 0.15) is 0 Å². The lowest BCUT2D eigenvalue weighted by Gasteiger charge is -2.22. The molecule has 1 aromatic rings. The van der Waals surface area contributed by atoms with Crippen LogP contribution in [0.1, 0.15) is 32.3 Å². The first-order chi connectivity index (χ1) is 9.45. The van der Waals surface area contributed by atoms with Crippen molar-refractivity contribution in [2.24, 2.45) is 0 Å². The minimum atomic E-state index is -0.0714. The molecule has 0 aromatic heterocycles. The Morgan fingerprint density at radius 3 is 2.60 bits per heavy atom. The molecule has 0 unspecified atom stereocenters. The second kappa shape index (κ2) is 8.04. The minimum Gasteiger partial charge on any atom is -0.356 e. The maximum absolute atomic E-state index is 11.8. The zero-order valence-corrected chi connectivity index (χ0v) is 13.8. The van der Waals surface area contributed by atoms with Crippen molar-refractivity contribution in [3.05, 3.63) is 28.2 Å². The summed E-state index contributed by atoms with van der Waals surface area (Å²) in [7, 11) is 0. The third kappa shape index (κ3) is 4.96. The van der Waals surface area contributed by atoms with E-state index >= 15 is 0 Å². The number of anilines is 1. The Bertz CT molecular complexity index is 489. The first-order valence-corrected chi connectivity index (χ1v) is 7.56. The second-order valence-corrected chi connectivity index (χ2v) is 5.58. The van der Waals surface area contributed by atoms with E-state index in [2.05, 4.69) is 21.2 Å². The van der Waals surface area contributed by atoms with Gasteiger partial charge in [0.2, 0.25) is 11.8 Å². The minimum absolute atomic E-state index is 0.0265. The summed E-state index contributed by atoms with van der Waals surface area (Å²) in [5, 5.41) is 2.81. The van der Waals surface area contributed by atoms with Crippen molar-refractivity contribution < 1.29 is 9.59 Å². The molecule has 0 saturated heterocycles. The summed E-state index contributed by atoms with van der Waals surface area (Å²) in [6, 6.07) is 5.81. The number of halogens is 1. The smallest absolute Gasteiger partial charge is 0.223 e. The van der Waals surface area contributed by atoms with Gasteiger partial charge < -0.3 is 10.2 Å². The van der Waals surface area contributed by atoms with Gasteiger partial charge in [0.15, 0.2) is 0 Å². The Kier molecular flexibility index (Phi) is 6.71. The van der Waals surface area contributed by atoms with E-state index in [-0.39, 0.29) is 11.8 Å². The van der Waals surface area contributed by atoms with Crippen LogP contribution in [0.15, 0.2) is 22.7 Å². The van der Waals surface area contributed by atoms with Crippen LogP contribution in [-0.4, -0.2) is 24.9 Å². The van der Waals surface area contributed by atoms with E-state index in [1.807, 2.05) is 32.0 Å². The molecule has 0 fully saturated rings. The molecule has 0 atom stereocenters. The van der Waals surface area contributed by atoms with Gasteiger partial charge in [-0.05, 0) is 47.0 Å². The lowest BCUT2D eigenvalue weighted by atomic mass is 10.2. The number of nitrogens with one attached hydrogen (secondary N) is 1. The highest BCUT2D eigenvalue weighted by molar-refractivity contribution is 9.10. The van der Waals surface area contributed by atoms with Crippen LogP contribution in [-0.2, 0) is 9.59 Å². The molecule has 0 heterocycles. The number of carbonyl (C=O) groups is 2. The normalized spacial score (nSPS) is 10.2. The standard InChI is InChI=1S/C15H21BrN2O2/c1-4-8-17-15(20)7-9-18(12(3)19)14-6-5-11(2)10-13(14)16/h5-6,10H,4,7-9H2,1-3H3,(H,17,20). The number of amides is 2. The molecule has 0 aliphatic heterocycles. The zero-order chi connectivity index (χ0) is 15.1. The largest absolute Gasteiger partial charge is 0.356 e. The van der Waals surface area contributed by atoms with E-state index < -0.39 is 0 Å². The molecule has 4 nitrogen and oxygen atoms in total. The lowest BCUT2D eigenvalue weighted by molar-refractivity contribution is -0.121. The van der Waals surface area contributed by atoms with Gasteiger partial charge in [-0.1, -0.05) is 13.0 Å². The maximum atomic E-state index is 11.8. The van der Waals surface area contributed by atoms with Gasteiger partial charge in [-0.3, -0.25) is 9.59 Å². The van der Waals surface area contributed by atoms with Gasteiger partial charge in [-0.2, -0.15) is 0 Å². The summed E-state index contributed by atoms with van der Waals surface area (Å²) in [5.41, 5.74) is 1.91. The molecule has 0 aliphatic rings. The highest BCUT2D eigenvalue weighted by Gasteiger charge is 2.15. The number of benzene rings is 1. The van der Waals surface area contributed by atoms with Crippen LogP contribution in [0.5, 0.6) is 0 Å². The van der Waals surface area contributed by atoms with E-state index in [1.54, 1.807) is 4.90 Å². The lowest BCUT2D eigenvalue weighted by Crippen LogP contribution is -2.34. The highest BCUT2D eigenvalue weighted by Crippen LogP contribution is 2.27. The van der Waals surface area contributed by atoms with Crippen LogP contribution in [0.2, 0.25) is 0 Å². The molecule has 1 N–H and O–H groups in total. The molecular formula is C15H21BrN2O2. The van der Waals surface area contributed by atoms with Gasteiger partial charge in [-0.15, -0.1) is 0 Å². The van der Waals surface area contributed by atoms with E-state index in [0.717, 1.165) is 22.1 Å². The topological polar surface area (TPSA) is 49.4 Å². The predicted octanol–water partition coefficient (Wildman–Crippen LogP) is 3.03. The van der Waals surface area contributed by atoms with E-state index in [9.17, 15) is 9.59 Å². The van der Waals surface area contributed by atoms with Crippen LogP contribution in [0.25, 0.3) is 0 Å². The van der Waals surface area contributed by atoms with Crippen molar-refractivity contribution in [3.8, 4) is 0 Å². The number of rotatable bonds is 6. The Morgan fingerprint density at radius 1 is 1.35 bits per heavy atom. The molecule has 2 amide bonds. The third-order valence-corrected chi connectivity index (χ3v) is 3.54. The summed E-state index contributed by atoms with van der Waals surface area (Å²) in [4.78, 5) is 25.0. The molecular weight excluding hydrogens is 320 g/mol. The molecule has 1 aromatic carbocycles. The van der Waals surface area contributed by atoms with Crippen LogP contribution in [0.4, 0.5) is 5.69 Å². The molecule has 0 saturated carbocycles. The van der Waals surface area contributed by atoms with Gasteiger partial charge in [0.25, 0.3) is 0 Å². The average Bonchev–Trinajstić information content (AvgIpc) is 2.38. The van der Waals surface area contributed by atoms with Gasteiger partial charge in [0, 0.05) is 30.9 Å². The number of hydrogen-bond acceptors (Lipinski definition) is 2. The fourth-order valence-corrected chi connectivity index (χ4v) is 2.55. The fraction of sp³-hybridized carbons (Fsp3) is 0.467. The van der Waals surface area contributed by atoms with Crippen molar-refractivity contribution in [1.82, 2.24) is 5.32 Å². The third-order valence-electron chi connectivity index (χ3n) is 2.91. The monoisotopic (exact) mass is 340 g/mol. The molecule has 5 heteroatoms. The predicted molar refractivity (Wildman–Crippen MR) is 84.8 cm³/mol. The number of hydrogen-bond donors (Lipinski definition) is 1. The molecule has 0 spiro atoms. The van der Waals surface area contributed by atoms with Crippen molar-refractivity contribution in [2.45, 2.75) is 33.6 Å². The number of nitrogens with zero attached hydrogens (tertiary/aromatic N) is 1. The Morgan fingerprint density at radius 2 is 2.05 bits per heavy atom. The summed E-state index contributed by atoms with van der Waals surface area (Å²) >= 11 is 3.47. The first kappa shape index (κ1) is 16.7. The summed E-state index contributed by atoms with van der Waals surface area (Å²) < 4.78 is 0.863. The summed E-state index contributed by atoms with van der Waals surface area (Å²) in [6.45, 7) is 6.56. The highest BCUT2D eigenvalue weighted by atomic mass is 79.9. The molecule has 0 aliphatic carbocycles. The Hall–Kier alpha value is -1.36. The average molecular weight is 341 g/mol. The maximum Gasteiger partial charge on any atom is 0.223 e. The second-order valence-electron chi connectivity index (χ2n) is 4.73. The molecule has 0 bridgehead atoms. The van der Waals surface area contributed by atoms with Gasteiger partial charge in [0.05, 0.1) is 5.69 Å². The summed E-state index contributed by atoms with van der Waals surface area (Å²) in [5.74, 6) is -0.0980. The summed E-state index contributed by atoms with van der Waals surface area (Å²) in [6.07, 6.45) is 1.21. The fourth-order valence-electron chi connectivity index (χ4n) is 1.84. The quantitative estimate of drug-likeness (QED) is 0.865. The zero-order valence-electron chi connectivity index (χ0n) is 12.2. The number of aryl methyl sites for hydroxylation is 1. The SMILES string of the molecule is CCCNC(=O)CCN(C(C)=O)c1ccc(C)cc1Br. The van der Waals surface area contributed by atoms with E-state index in [1.165, 1.54) is 6.92 Å². The number of carbonyl (C=O) groups excluding carboxylic acids is 2. The Labute approximate surface area is 128 Å². The molecule has 1 rings (SSSR count). The van der Waals surface area contributed by atoms with Crippen LogP contribution >= 0.6 is 15.9 Å².